The average molecular weight is 262 g/mol. The first-order valence-electron chi connectivity index (χ1n) is 5.61. The van der Waals surface area contributed by atoms with Crippen molar-refractivity contribution in [2.75, 3.05) is 0 Å². The van der Waals surface area contributed by atoms with Crippen LogP contribution in [0.4, 0.5) is 10.1 Å². The summed E-state index contributed by atoms with van der Waals surface area (Å²) < 4.78 is 14.1. The minimum atomic E-state index is -0.712. The monoisotopic (exact) mass is 262 g/mol. The van der Waals surface area contributed by atoms with Crippen molar-refractivity contribution >= 4 is 5.69 Å². The molecular formula is C13H11FN2O3. The number of pyridine rings is 1. The van der Waals surface area contributed by atoms with Crippen LogP contribution in [0.3, 0.4) is 0 Å². The predicted molar refractivity (Wildman–Crippen MR) is 67.6 cm³/mol. The van der Waals surface area contributed by atoms with E-state index in [0.29, 0.717) is 5.56 Å². The molecule has 0 unspecified atom stereocenters. The fraction of sp³-hybridized carbons (Fsp3) is 0.154. The van der Waals surface area contributed by atoms with E-state index in [1.807, 2.05) is 0 Å². The lowest BCUT2D eigenvalue weighted by Gasteiger charge is -2.14. The van der Waals surface area contributed by atoms with Gasteiger partial charge in [-0.1, -0.05) is 12.1 Å². The molecule has 98 valence electrons. The first-order chi connectivity index (χ1) is 9.00. The highest BCUT2D eigenvalue weighted by atomic mass is 19.1. The highest BCUT2D eigenvalue weighted by molar-refractivity contribution is 5.27. The summed E-state index contributed by atoms with van der Waals surface area (Å²) in [5.74, 6) is -0.373. The van der Waals surface area contributed by atoms with Gasteiger partial charge in [0.1, 0.15) is 5.82 Å². The molecule has 0 aliphatic rings. The molecule has 0 amide bonds. The molecule has 6 heteroatoms. The van der Waals surface area contributed by atoms with Gasteiger partial charge in [-0.2, -0.15) is 0 Å². The van der Waals surface area contributed by atoms with Crippen LogP contribution in [0, 0.1) is 15.9 Å². The van der Waals surface area contributed by atoms with Crippen LogP contribution >= 0.6 is 0 Å². The third kappa shape index (κ3) is 2.52. The second-order valence-corrected chi connectivity index (χ2v) is 4.09. The molecule has 0 N–H and O–H groups in total. The number of hydrogen-bond donors (Lipinski definition) is 0. The number of halogens is 1. The summed E-state index contributed by atoms with van der Waals surface area (Å²) >= 11 is 0. The third-order valence-corrected chi connectivity index (χ3v) is 2.92. The Hall–Kier alpha value is -2.50. The highest BCUT2D eigenvalue weighted by Gasteiger charge is 2.17. The van der Waals surface area contributed by atoms with E-state index in [0.717, 1.165) is 6.07 Å². The van der Waals surface area contributed by atoms with Crippen LogP contribution in [-0.2, 0) is 0 Å². The van der Waals surface area contributed by atoms with E-state index >= 15 is 0 Å². The summed E-state index contributed by atoms with van der Waals surface area (Å²) in [6, 6.07) is 7.86. The van der Waals surface area contributed by atoms with Gasteiger partial charge in [-0.15, -0.1) is 0 Å². The quantitative estimate of drug-likeness (QED) is 0.630. The first-order valence-corrected chi connectivity index (χ1v) is 5.61. The third-order valence-electron chi connectivity index (χ3n) is 2.92. The van der Waals surface area contributed by atoms with E-state index in [-0.39, 0.29) is 5.82 Å². The highest BCUT2D eigenvalue weighted by Crippen LogP contribution is 2.17. The van der Waals surface area contributed by atoms with Gasteiger partial charge in [-0.3, -0.25) is 14.9 Å². The van der Waals surface area contributed by atoms with Crippen molar-refractivity contribution in [1.82, 2.24) is 4.57 Å². The normalized spacial score (nSPS) is 12.1. The second kappa shape index (κ2) is 5.01. The zero-order valence-corrected chi connectivity index (χ0v) is 10.1. The first kappa shape index (κ1) is 12.9. The molecule has 0 saturated heterocycles. The van der Waals surface area contributed by atoms with Crippen molar-refractivity contribution in [2.45, 2.75) is 13.0 Å². The van der Waals surface area contributed by atoms with Gasteiger partial charge in [0.25, 0.3) is 0 Å². The van der Waals surface area contributed by atoms with Gasteiger partial charge in [0, 0.05) is 12.3 Å². The van der Waals surface area contributed by atoms with E-state index in [1.165, 1.54) is 29.0 Å². The maximum absolute atomic E-state index is 12.8. The van der Waals surface area contributed by atoms with Crippen molar-refractivity contribution in [1.29, 1.82) is 0 Å². The Morgan fingerprint density at radius 2 is 1.89 bits per heavy atom. The van der Waals surface area contributed by atoms with Crippen molar-refractivity contribution in [3.63, 3.8) is 0 Å². The van der Waals surface area contributed by atoms with Crippen LogP contribution in [0.25, 0.3) is 0 Å². The molecule has 0 saturated carbocycles. The van der Waals surface area contributed by atoms with Crippen LogP contribution in [0.15, 0.2) is 47.4 Å². The average Bonchev–Trinajstić information content (AvgIpc) is 2.38. The number of benzene rings is 1. The molecule has 0 aliphatic carbocycles. The van der Waals surface area contributed by atoms with Gasteiger partial charge in [0.2, 0.25) is 0 Å². The molecule has 5 nitrogen and oxygen atoms in total. The number of nitro groups is 1. The van der Waals surface area contributed by atoms with Crippen molar-refractivity contribution in [3.05, 3.63) is 74.4 Å². The minimum Gasteiger partial charge on any atom is -0.302 e. The number of aromatic nitrogens is 1. The van der Waals surface area contributed by atoms with Gasteiger partial charge >= 0.3 is 11.2 Å². The van der Waals surface area contributed by atoms with Gasteiger partial charge < -0.3 is 4.57 Å². The molecule has 2 rings (SSSR count). The molecule has 0 bridgehead atoms. The molecule has 19 heavy (non-hydrogen) atoms. The zero-order chi connectivity index (χ0) is 14.0. The molecule has 0 spiro atoms. The van der Waals surface area contributed by atoms with Crippen LogP contribution in [0.2, 0.25) is 0 Å². The van der Waals surface area contributed by atoms with E-state index in [4.69, 9.17) is 0 Å². The predicted octanol–water partition coefficient (Wildman–Crippen LogP) is 2.50. The van der Waals surface area contributed by atoms with Gasteiger partial charge in [0.15, 0.2) is 0 Å². The van der Waals surface area contributed by atoms with Gasteiger partial charge in [0.05, 0.1) is 11.0 Å². The largest absolute Gasteiger partial charge is 0.334 e. The maximum Gasteiger partial charge on any atom is 0.334 e. The minimum absolute atomic E-state index is 0.373. The lowest BCUT2D eigenvalue weighted by atomic mass is 10.1. The molecule has 2 aromatic rings. The lowest BCUT2D eigenvalue weighted by Crippen LogP contribution is -2.25. The Kier molecular flexibility index (Phi) is 3.41. The van der Waals surface area contributed by atoms with Crippen LogP contribution in [0.1, 0.15) is 18.5 Å². The van der Waals surface area contributed by atoms with E-state index in [1.54, 1.807) is 19.1 Å². The Morgan fingerprint density at radius 1 is 1.26 bits per heavy atom. The molecule has 1 heterocycles. The molecule has 1 aromatic heterocycles. The molecule has 1 aromatic carbocycles. The van der Waals surface area contributed by atoms with Crippen molar-refractivity contribution < 1.29 is 9.31 Å². The van der Waals surface area contributed by atoms with Crippen molar-refractivity contribution in [3.8, 4) is 0 Å². The van der Waals surface area contributed by atoms with E-state index in [9.17, 15) is 19.3 Å². The zero-order valence-electron chi connectivity index (χ0n) is 10.1. The molecule has 1 atom stereocenters. The van der Waals surface area contributed by atoms with Gasteiger partial charge in [-0.05, 0) is 30.7 Å². The second-order valence-electron chi connectivity index (χ2n) is 4.09. The molecule has 0 aliphatic heterocycles. The van der Waals surface area contributed by atoms with Crippen LogP contribution < -0.4 is 5.56 Å². The number of hydrogen-bond acceptors (Lipinski definition) is 3. The van der Waals surface area contributed by atoms with Crippen LogP contribution in [0.5, 0.6) is 0 Å². The summed E-state index contributed by atoms with van der Waals surface area (Å²) in [6.07, 6.45) is 1.48. The fourth-order valence-corrected chi connectivity index (χ4v) is 1.84. The standard InChI is InChI=1S/C13H11FN2O3/c1-9(10-4-6-11(14)7-5-10)15-8-2-3-12(13(15)17)16(18)19/h2-9H,1H3/t9-/m1/s1. The summed E-state index contributed by atoms with van der Waals surface area (Å²) in [5.41, 5.74) is -0.454. The maximum atomic E-state index is 12.8. The number of rotatable bonds is 3. The Labute approximate surface area is 108 Å². The summed E-state index contributed by atoms with van der Waals surface area (Å²) in [5, 5.41) is 10.7. The Balaban J connectivity index is 2.47. The van der Waals surface area contributed by atoms with Crippen LogP contribution in [-0.4, -0.2) is 9.49 Å². The topological polar surface area (TPSA) is 65.1 Å². The molecular weight excluding hydrogens is 251 g/mol. The SMILES string of the molecule is C[C@H](c1ccc(F)cc1)n1cccc([N+](=O)[O-])c1=O. The molecule has 0 fully saturated rings. The fourth-order valence-electron chi connectivity index (χ4n) is 1.84. The van der Waals surface area contributed by atoms with Crippen molar-refractivity contribution in [2.24, 2.45) is 0 Å². The Bertz CT molecular complexity index is 664. The van der Waals surface area contributed by atoms with E-state index in [2.05, 4.69) is 0 Å². The summed E-state index contributed by atoms with van der Waals surface area (Å²) in [7, 11) is 0. The molecule has 0 radical (unpaired) electrons. The Morgan fingerprint density at radius 3 is 2.47 bits per heavy atom. The number of nitrogens with zero attached hydrogens (tertiary/aromatic N) is 2. The lowest BCUT2D eigenvalue weighted by molar-refractivity contribution is -0.386. The van der Waals surface area contributed by atoms with Gasteiger partial charge in [-0.25, -0.2) is 4.39 Å². The summed E-state index contributed by atoms with van der Waals surface area (Å²) in [4.78, 5) is 21.9. The smallest absolute Gasteiger partial charge is 0.302 e. The van der Waals surface area contributed by atoms with E-state index < -0.39 is 22.2 Å². The summed E-state index contributed by atoms with van der Waals surface area (Å²) in [6.45, 7) is 1.72.